The Labute approximate surface area is 162 Å². The summed E-state index contributed by atoms with van der Waals surface area (Å²) in [6, 6.07) is 13.6. The number of aryl methyl sites for hydroxylation is 2. The first-order valence-corrected chi connectivity index (χ1v) is 9.41. The number of hydrogen-bond acceptors (Lipinski definition) is 5. The number of thiocarbonyl (C=S) groups is 1. The summed E-state index contributed by atoms with van der Waals surface area (Å²) in [5.41, 5.74) is 3.34. The minimum Gasteiger partial charge on any atom is -0.490 e. The molecule has 0 aliphatic carbocycles. The Morgan fingerprint density at radius 2 is 1.77 bits per heavy atom. The van der Waals surface area contributed by atoms with Crippen molar-refractivity contribution in [3.63, 3.8) is 0 Å². The summed E-state index contributed by atoms with van der Waals surface area (Å²) in [5, 5.41) is 2.61. The van der Waals surface area contributed by atoms with E-state index in [0.717, 1.165) is 17.1 Å². The first-order valence-electron chi connectivity index (χ1n) is 8.19. The van der Waals surface area contributed by atoms with Crippen LogP contribution >= 0.6 is 24.0 Å². The molecule has 1 heterocycles. The molecule has 2 aromatic carbocycles. The fraction of sp³-hybridized carbons (Fsp3) is 0.200. The molecule has 0 spiro atoms. The quantitative estimate of drug-likeness (QED) is 0.458. The smallest absolute Gasteiger partial charge is 0.263 e. The van der Waals surface area contributed by atoms with Crippen molar-refractivity contribution < 1.29 is 14.3 Å². The Morgan fingerprint density at radius 1 is 1.04 bits per heavy atom. The molecule has 0 unspecified atom stereocenters. The second-order valence-corrected chi connectivity index (χ2v) is 7.59. The van der Waals surface area contributed by atoms with Crippen molar-refractivity contribution in [1.29, 1.82) is 0 Å². The highest BCUT2D eigenvalue weighted by atomic mass is 32.2. The summed E-state index contributed by atoms with van der Waals surface area (Å²) in [6.45, 7) is 5.03. The van der Waals surface area contributed by atoms with Crippen molar-refractivity contribution in [3.8, 4) is 11.5 Å². The van der Waals surface area contributed by atoms with Crippen LogP contribution in [0.15, 0.2) is 47.4 Å². The molecule has 3 rings (SSSR count). The lowest BCUT2D eigenvalue weighted by molar-refractivity contribution is -0.115. The molecule has 1 amide bonds. The minimum atomic E-state index is -0.159. The van der Waals surface area contributed by atoms with Gasteiger partial charge in [-0.05, 0) is 60.9 Å². The van der Waals surface area contributed by atoms with Crippen LogP contribution in [0.2, 0.25) is 0 Å². The van der Waals surface area contributed by atoms with Crippen LogP contribution in [0.25, 0.3) is 6.08 Å². The van der Waals surface area contributed by atoms with E-state index in [-0.39, 0.29) is 5.91 Å². The van der Waals surface area contributed by atoms with E-state index in [1.54, 1.807) is 6.08 Å². The lowest BCUT2D eigenvalue weighted by Gasteiger charge is -2.10. The monoisotopic (exact) mass is 385 g/mol. The normalized spacial score (nSPS) is 15.2. The van der Waals surface area contributed by atoms with Crippen LogP contribution in [-0.2, 0) is 4.79 Å². The van der Waals surface area contributed by atoms with Crippen molar-refractivity contribution in [2.24, 2.45) is 0 Å². The average Bonchev–Trinajstić information content (AvgIpc) is 2.92. The molecule has 1 aliphatic heterocycles. The molecular formula is C20H19NO3S2. The first-order chi connectivity index (χ1) is 12.5. The van der Waals surface area contributed by atoms with E-state index in [0.29, 0.717) is 22.4 Å². The number of ether oxygens (including phenoxy) is 2. The Balaban J connectivity index is 1.54. The molecule has 0 radical (unpaired) electrons. The van der Waals surface area contributed by atoms with Gasteiger partial charge in [0.1, 0.15) is 29.0 Å². The number of carbonyl (C=O) groups excluding carboxylic acids is 1. The highest BCUT2D eigenvalue weighted by Crippen LogP contribution is 2.26. The van der Waals surface area contributed by atoms with Crippen molar-refractivity contribution >= 4 is 40.3 Å². The highest BCUT2D eigenvalue weighted by molar-refractivity contribution is 8.26. The summed E-state index contributed by atoms with van der Waals surface area (Å²) >= 11 is 6.26. The average molecular weight is 386 g/mol. The zero-order valence-electron chi connectivity index (χ0n) is 14.6. The Morgan fingerprint density at radius 3 is 2.42 bits per heavy atom. The van der Waals surface area contributed by atoms with Gasteiger partial charge in [0.2, 0.25) is 0 Å². The van der Waals surface area contributed by atoms with Crippen LogP contribution in [0, 0.1) is 13.8 Å². The predicted octanol–water partition coefficient (Wildman–Crippen LogP) is 4.25. The second kappa shape index (κ2) is 8.38. The summed E-state index contributed by atoms with van der Waals surface area (Å²) < 4.78 is 12.0. The van der Waals surface area contributed by atoms with Crippen LogP contribution in [0.3, 0.4) is 0 Å². The van der Waals surface area contributed by atoms with Gasteiger partial charge in [0.15, 0.2) is 0 Å². The number of hydrogen-bond donors (Lipinski definition) is 1. The molecule has 1 N–H and O–H groups in total. The summed E-state index contributed by atoms with van der Waals surface area (Å²) in [4.78, 5) is 12.3. The molecule has 1 saturated heterocycles. The van der Waals surface area contributed by atoms with E-state index in [1.165, 1.54) is 22.9 Å². The van der Waals surface area contributed by atoms with E-state index >= 15 is 0 Å². The van der Waals surface area contributed by atoms with Gasteiger partial charge in [-0.25, -0.2) is 0 Å². The molecule has 0 aromatic heterocycles. The standard InChI is InChI=1S/C20H19NO3S2/c1-13-6-7-17(10-14(13)2)24-9-8-23-16-5-3-4-15(11-16)12-18-19(22)21-20(25)26-18/h3-7,10-12H,8-9H2,1-2H3,(H,21,22,25)/b18-12+. The lowest BCUT2D eigenvalue weighted by atomic mass is 10.1. The van der Waals surface area contributed by atoms with Gasteiger partial charge in [0.25, 0.3) is 5.91 Å². The van der Waals surface area contributed by atoms with Crippen molar-refractivity contribution in [2.75, 3.05) is 13.2 Å². The molecule has 2 aromatic rings. The van der Waals surface area contributed by atoms with Gasteiger partial charge in [-0.1, -0.05) is 42.2 Å². The Hall–Kier alpha value is -2.31. The maximum Gasteiger partial charge on any atom is 0.263 e. The lowest BCUT2D eigenvalue weighted by Crippen LogP contribution is -2.17. The number of rotatable bonds is 6. The van der Waals surface area contributed by atoms with E-state index in [4.69, 9.17) is 21.7 Å². The van der Waals surface area contributed by atoms with Crippen LogP contribution in [0.4, 0.5) is 0 Å². The van der Waals surface area contributed by atoms with Crippen LogP contribution in [0.1, 0.15) is 16.7 Å². The Bertz CT molecular complexity index is 877. The maximum atomic E-state index is 11.7. The number of amides is 1. The SMILES string of the molecule is Cc1ccc(OCCOc2cccc(/C=C3/SC(=S)NC3=O)c2)cc1C. The maximum absolute atomic E-state index is 11.7. The third-order valence-electron chi connectivity index (χ3n) is 3.90. The first kappa shape index (κ1) is 18.5. The van der Waals surface area contributed by atoms with Crippen molar-refractivity contribution in [1.82, 2.24) is 5.32 Å². The predicted molar refractivity (Wildman–Crippen MR) is 110 cm³/mol. The molecule has 1 fully saturated rings. The van der Waals surface area contributed by atoms with Gasteiger partial charge < -0.3 is 14.8 Å². The molecule has 134 valence electrons. The van der Waals surface area contributed by atoms with Gasteiger partial charge >= 0.3 is 0 Å². The molecule has 0 saturated carbocycles. The topological polar surface area (TPSA) is 47.6 Å². The largest absolute Gasteiger partial charge is 0.490 e. The highest BCUT2D eigenvalue weighted by Gasteiger charge is 2.21. The molecule has 6 heteroatoms. The molecular weight excluding hydrogens is 366 g/mol. The van der Waals surface area contributed by atoms with Crippen LogP contribution in [-0.4, -0.2) is 23.4 Å². The van der Waals surface area contributed by atoms with E-state index in [2.05, 4.69) is 19.2 Å². The van der Waals surface area contributed by atoms with Crippen LogP contribution < -0.4 is 14.8 Å². The molecule has 0 atom stereocenters. The molecule has 4 nitrogen and oxygen atoms in total. The zero-order valence-corrected chi connectivity index (χ0v) is 16.2. The van der Waals surface area contributed by atoms with Gasteiger partial charge in [-0.2, -0.15) is 0 Å². The summed E-state index contributed by atoms with van der Waals surface area (Å²) in [6.07, 6.45) is 1.80. The van der Waals surface area contributed by atoms with E-state index in [9.17, 15) is 4.79 Å². The number of nitrogens with one attached hydrogen (secondary N) is 1. The number of benzene rings is 2. The molecule has 1 aliphatic rings. The second-order valence-electron chi connectivity index (χ2n) is 5.87. The zero-order chi connectivity index (χ0) is 18.5. The summed E-state index contributed by atoms with van der Waals surface area (Å²) in [7, 11) is 0. The van der Waals surface area contributed by atoms with Gasteiger partial charge in [-0.15, -0.1) is 0 Å². The van der Waals surface area contributed by atoms with E-state index in [1.807, 2.05) is 42.5 Å². The van der Waals surface area contributed by atoms with Crippen LogP contribution in [0.5, 0.6) is 11.5 Å². The third-order valence-corrected chi connectivity index (χ3v) is 5.06. The van der Waals surface area contributed by atoms with Gasteiger partial charge in [-0.3, -0.25) is 4.79 Å². The number of carbonyl (C=O) groups is 1. The molecule has 0 bridgehead atoms. The fourth-order valence-electron chi connectivity index (χ4n) is 2.39. The Kier molecular flexibility index (Phi) is 5.96. The van der Waals surface area contributed by atoms with Gasteiger partial charge in [0.05, 0.1) is 4.91 Å². The minimum absolute atomic E-state index is 0.159. The van der Waals surface area contributed by atoms with E-state index < -0.39 is 0 Å². The van der Waals surface area contributed by atoms with Gasteiger partial charge in [0, 0.05) is 0 Å². The van der Waals surface area contributed by atoms with Crippen molar-refractivity contribution in [3.05, 3.63) is 64.1 Å². The third kappa shape index (κ3) is 4.86. The molecule has 26 heavy (non-hydrogen) atoms. The fourth-order valence-corrected chi connectivity index (χ4v) is 3.43. The number of thioether (sulfide) groups is 1. The summed E-state index contributed by atoms with van der Waals surface area (Å²) in [5.74, 6) is 1.41. The van der Waals surface area contributed by atoms with Crippen molar-refractivity contribution in [2.45, 2.75) is 13.8 Å².